The molecule has 0 radical (unpaired) electrons. The first kappa shape index (κ1) is 16.7. The molecule has 3 rings (SSSR count). The molecule has 4 nitrogen and oxygen atoms in total. The van der Waals surface area contributed by atoms with Crippen LogP contribution in [0.4, 0.5) is 5.69 Å². The summed E-state index contributed by atoms with van der Waals surface area (Å²) in [4.78, 5) is 16.9. The lowest BCUT2D eigenvalue weighted by atomic mass is 10.1. The van der Waals surface area contributed by atoms with Crippen molar-refractivity contribution >= 4 is 23.2 Å². The lowest BCUT2D eigenvalue weighted by molar-refractivity contribution is 0.0726. The highest BCUT2D eigenvalue weighted by atomic mass is 35.5. The third kappa shape index (κ3) is 3.49. The van der Waals surface area contributed by atoms with Crippen LogP contribution in [0.5, 0.6) is 5.75 Å². The van der Waals surface area contributed by atoms with Crippen LogP contribution in [0.2, 0.25) is 5.02 Å². The van der Waals surface area contributed by atoms with Crippen molar-refractivity contribution in [3.05, 3.63) is 59.1 Å². The number of amides is 1. The molecule has 0 N–H and O–H groups in total. The van der Waals surface area contributed by atoms with Gasteiger partial charge >= 0.3 is 0 Å². The molecular formula is C19H21ClN2O2. The van der Waals surface area contributed by atoms with Crippen molar-refractivity contribution in [3.63, 3.8) is 0 Å². The van der Waals surface area contributed by atoms with Crippen molar-refractivity contribution in [1.82, 2.24) is 4.90 Å². The molecular weight excluding hydrogens is 324 g/mol. The minimum Gasteiger partial charge on any atom is -0.497 e. The van der Waals surface area contributed by atoms with Crippen LogP contribution >= 0.6 is 11.6 Å². The number of ether oxygens (including phenoxy) is 1. The van der Waals surface area contributed by atoms with Gasteiger partial charge in [0.05, 0.1) is 7.11 Å². The average Bonchev–Trinajstić information content (AvgIpc) is 2.61. The third-order valence-corrected chi connectivity index (χ3v) is 4.64. The monoisotopic (exact) mass is 344 g/mol. The van der Waals surface area contributed by atoms with Crippen LogP contribution in [0.15, 0.2) is 48.5 Å². The highest BCUT2D eigenvalue weighted by Gasteiger charge is 2.27. The summed E-state index contributed by atoms with van der Waals surface area (Å²) < 4.78 is 5.31. The zero-order valence-corrected chi connectivity index (χ0v) is 14.7. The Labute approximate surface area is 147 Å². The van der Waals surface area contributed by atoms with E-state index < -0.39 is 0 Å². The molecule has 0 spiro atoms. The molecule has 5 heteroatoms. The van der Waals surface area contributed by atoms with E-state index in [9.17, 15) is 4.79 Å². The van der Waals surface area contributed by atoms with Crippen molar-refractivity contribution in [2.75, 3.05) is 31.6 Å². The zero-order chi connectivity index (χ0) is 17.1. The van der Waals surface area contributed by atoms with Crippen molar-refractivity contribution in [3.8, 4) is 5.75 Å². The quantitative estimate of drug-likeness (QED) is 0.851. The van der Waals surface area contributed by atoms with Crippen molar-refractivity contribution < 1.29 is 9.53 Å². The summed E-state index contributed by atoms with van der Waals surface area (Å²) in [5.41, 5.74) is 1.81. The molecule has 24 heavy (non-hydrogen) atoms. The first-order valence-corrected chi connectivity index (χ1v) is 8.42. The highest BCUT2D eigenvalue weighted by molar-refractivity contribution is 6.30. The van der Waals surface area contributed by atoms with Gasteiger partial charge in [0.1, 0.15) is 5.75 Å². The molecule has 1 heterocycles. The molecule has 1 unspecified atom stereocenters. The smallest absolute Gasteiger partial charge is 0.253 e. The molecule has 2 aromatic rings. The maximum Gasteiger partial charge on any atom is 0.253 e. The maximum absolute atomic E-state index is 12.6. The summed E-state index contributed by atoms with van der Waals surface area (Å²) in [6.45, 7) is 4.33. The lowest BCUT2D eigenvalue weighted by Gasteiger charge is -2.41. The van der Waals surface area contributed by atoms with E-state index in [2.05, 4.69) is 17.9 Å². The fraction of sp³-hybridized carbons (Fsp3) is 0.316. The van der Waals surface area contributed by atoms with E-state index in [0.717, 1.165) is 18.0 Å². The Morgan fingerprint density at radius 2 is 1.92 bits per heavy atom. The molecule has 0 saturated carbocycles. The van der Waals surface area contributed by atoms with Gasteiger partial charge in [-0.1, -0.05) is 17.7 Å². The van der Waals surface area contributed by atoms with Crippen LogP contribution in [0.1, 0.15) is 17.3 Å². The van der Waals surface area contributed by atoms with E-state index in [0.29, 0.717) is 23.7 Å². The van der Waals surface area contributed by atoms with E-state index in [-0.39, 0.29) is 11.9 Å². The molecule has 1 atom stereocenters. The van der Waals surface area contributed by atoms with Gasteiger partial charge in [-0.2, -0.15) is 0 Å². The molecule has 0 aromatic heterocycles. The van der Waals surface area contributed by atoms with Gasteiger partial charge < -0.3 is 14.5 Å². The van der Waals surface area contributed by atoms with Crippen LogP contribution in [-0.4, -0.2) is 43.6 Å². The summed E-state index contributed by atoms with van der Waals surface area (Å²) >= 11 is 5.90. The Morgan fingerprint density at radius 1 is 1.17 bits per heavy atom. The summed E-state index contributed by atoms with van der Waals surface area (Å²) in [6, 6.07) is 15.4. The Morgan fingerprint density at radius 3 is 2.58 bits per heavy atom. The predicted molar refractivity (Wildman–Crippen MR) is 97.2 cm³/mol. The second kappa shape index (κ2) is 7.14. The van der Waals surface area contributed by atoms with E-state index in [1.807, 2.05) is 23.1 Å². The second-order valence-electron chi connectivity index (χ2n) is 6.00. The van der Waals surface area contributed by atoms with Crippen LogP contribution in [0, 0.1) is 0 Å². The second-order valence-corrected chi connectivity index (χ2v) is 6.44. The molecule has 0 bridgehead atoms. The van der Waals surface area contributed by atoms with Crippen molar-refractivity contribution in [2.24, 2.45) is 0 Å². The van der Waals surface area contributed by atoms with Gasteiger partial charge in [0, 0.05) is 48.0 Å². The lowest BCUT2D eigenvalue weighted by Crippen LogP contribution is -2.53. The largest absolute Gasteiger partial charge is 0.497 e. The molecule has 126 valence electrons. The van der Waals surface area contributed by atoms with Crippen LogP contribution < -0.4 is 9.64 Å². The summed E-state index contributed by atoms with van der Waals surface area (Å²) in [5, 5.41) is 0.641. The zero-order valence-electron chi connectivity index (χ0n) is 13.9. The minimum absolute atomic E-state index is 0.0591. The Kier molecular flexibility index (Phi) is 4.95. The fourth-order valence-corrected chi connectivity index (χ4v) is 3.22. The molecule has 1 saturated heterocycles. The number of methoxy groups -OCH3 is 1. The number of carbonyl (C=O) groups excluding carboxylic acids is 1. The number of carbonyl (C=O) groups is 1. The number of hydrogen-bond donors (Lipinski definition) is 0. The SMILES string of the molecule is COc1cccc(N2CCN(C(=O)c3ccc(Cl)cc3)CC2C)c1. The number of hydrogen-bond acceptors (Lipinski definition) is 3. The molecule has 0 aliphatic carbocycles. The minimum atomic E-state index is 0.0591. The first-order chi connectivity index (χ1) is 11.6. The van der Waals surface area contributed by atoms with Gasteiger partial charge in [-0.15, -0.1) is 0 Å². The predicted octanol–water partition coefficient (Wildman–Crippen LogP) is 3.70. The van der Waals surface area contributed by atoms with Gasteiger partial charge in [0.15, 0.2) is 0 Å². The summed E-state index contributed by atoms with van der Waals surface area (Å²) in [7, 11) is 1.67. The molecule has 1 fully saturated rings. The van der Waals surface area contributed by atoms with Gasteiger partial charge in [-0.05, 0) is 43.3 Å². The fourth-order valence-electron chi connectivity index (χ4n) is 3.09. The molecule has 1 amide bonds. The number of piperazine rings is 1. The number of halogens is 1. The molecule has 2 aromatic carbocycles. The highest BCUT2D eigenvalue weighted by Crippen LogP contribution is 2.25. The Balaban J connectivity index is 1.70. The molecule has 1 aliphatic heterocycles. The molecule has 1 aliphatic rings. The average molecular weight is 345 g/mol. The number of rotatable bonds is 3. The van der Waals surface area contributed by atoms with Gasteiger partial charge in [0.2, 0.25) is 0 Å². The van der Waals surface area contributed by atoms with E-state index >= 15 is 0 Å². The number of benzene rings is 2. The van der Waals surface area contributed by atoms with E-state index in [1.54, 1.807) is 31.4 Å². The normalized spacial score (nSPS) is 17.7. The number of nitrogens with zero attached hydrogens (tertiary/aromatic N) is 2. The van der Waals surface area contributed by atoms with Gasteiger partial charge in [-0.3, -0.25) is 4.79 Å². The van der Waals surface area contributed by atoms with Crippen molar-refractivity contribution in [2.45, 2.75) is 13.0 Å². The summed E-state index contributed by atoms with van der Waals surface area (Å²) in [5.74, 6) is 0.906. The number of anilines is 1. The summed E-state index contributed by atoms with van der Waals surface area (Å²) in [6.07, 6.45) is 0. The Hall–Kier alpha value is -2.20. The first-order valence-electron chi connectivity index (χ1n) is 8.04. The van der Waals surface area contributed by atoms with Gasteiger partial charge in [-0.25, -0.2) is 0 Å². The Bertz CT molecular complexity index is 718. The van der Waals surface area contributed by atoms with Gasteiger partial charge in [0.25, 0.3) is 5.91 Å². The van der Waals surface area contributed by atoms with E-state index in [4.69, 9.17) is 16.3 Å². The topological polar surface area (TPSA) is 32.8 Å². The van der Waals surface area contributed by atoms with Crippen LogP contribution in [0.25, 0.3) is 0 Å². The van der Waals surface area contributed by atoms with E-state index in [1.165, 1.54) is 0 Å². The van der Waals surface area contributed by atoms with Crippen molar-refractivity contribution in [1.29, 1.82) is 0 Å². The maximum atomic E-state index is 12.6. The van der Waals surface area contributed by atoms with Crippen LogP contribution in [0.3, 0.4) is 0 Å². The van der Waals surface area contributed by atoms with Crippen LogP contribution in [-0.2, 0) is 0 Å². The third-order valence-electron chi connectivity index (χ3n) is 4.39. The standard InChI is InChI=1S/C19H21ClN2O2/c1-14-13-21(19(23)15-6-8-16(20)9-7-15)10-11-22(14)17-4-3-5-18(12-17)24-2/h3-9,12,14H,10-11,13H2,1-2H3.